The summed E-state index contributed by atoms with van der Waals surface area (Å²) in [5, 5.41) is 4.05. The molecule has 0 aliphatic carbocycles. The van der Waals surface area contributed by atoms with Crippen molar-refractivity contribution >= 4 is 28.2 Å². The number of hydrogen-bond donors (Lipinski definition) is 1. The Balaban J connectivity index is 1.80. The molecule has 0 saturated heterocycles. The average Bonchev–Trinajstić information content (AvgIpc) is 3.05. The minimum Gasteiger partial charge on any atom is -0.436 e. The molecule has 0 radical (unpaired) electrons. The Morgan fingerprint density at radius 2 is 1.77 bits per heavy atom. The highest BCUT2D eigenvalue weighted by atomic mass is 19.4. The third-order valence-corrected chi connectivity index (χ3v) is 4.79. The number of ether oxygens (including phenoxy) is 1. The molecule has 0 spiro atoms. The monoisotopic (exact) mass is 413 g/mol. The van der Waals surface area contributed by atoms with E-state index in [1.165, 1.54) is 31.3 Å². The van der Waals surface area contributed by atoms with Gasteiger partial charge in [-0.15, -0.1) is 0 Å². The van der Waals surface area contributed by atoms with Crippen LogP contribution in [0.3, 0.4) is 0 Å². The molecule has 0 fully saturated rings. The molecule has 0 unspecified atom stereocenters. The fourth-order valence-corrected chi connectivity index (χ4v) is 3.36. The van der Waals surface area contributed by atoms with Gasteiger partial charge in [-0.05, 0) is 40.6 Å². The van der Waals surface area contributed by atoms with Gasteiger partial charge in [0.15, 0.2) is 5.76 Å². The van der Waals surface area contributed by atoms with Gasteiger partial charge in [-0.1, -0.05) is 42.5 Å². The van der Waals surface area contributed by atoms with E-state index in [-0.39, 0.29) is 28.3 Å². The lowest BCUT2D eigenvalue weighted by Gasteiger charge is -2.09. The zero-order valence-electron chi connectivity index (χ0n) is 15.7. The molecule has 4 rings (SSSR count). The van der Waals surface area contributed by atoms with E-state index in [1.54, 1.807) is 30.3 Å². The minimum atomic E-state index is -4.55. The van der Waals surface area contributed by atoms with E-state index >= 15 is 0 Å². The first-order valence-corrected chi connectivity index (χ1v) is 9.01. The molecule has 1 N–H and O–H groups in total. The summed E-state index contributed by atoms with van der Waals surface area (Å²) >= 11 is 0. The van der Waals surface area contributed by atoms with Crippen molar-refractivity contribution < 1.29 is 27.1 Å². The lowest BCUT2D eigenvalue weighted by atomic mass is 9.98. The highest BCUT2D eigenvalue weighted by molar-refractivity contribution is 6.31. The second-order valence-corrected chi connectivity index (χ2v) is 6.65. The number of Topliss-reactive ketones (excluding diaryl/α,β-unsaturated/α-hetero) is 1. The number of ketones is 1. The molecule has 0 atom stereocenters. The zero-order chi connectivity index (χ0) is 21.5. The summed E-state index contributed by atoms with van der Waals surface area (Å²) in [7, 11) is 1.48. The summed E-state index contributed by atoms with van der Waals surface area (Å²) in [5.74, 6) is -1.35. The number of carbonyl (C=O) groups excluding carboxylic acids is 1. The predicted molar refractivity (Wildman–Crippen MR) is 105 cm³/mol. The standard InChI is InChI=1S/C23H15F4NO2/c1-28-22-20(14-6-4-7-15(11-14)23(25,26)27)21(29)19(30-22)12-17-16-8-3-2-5-13(16)9-10-18(17)24/h2-12,28H,1H3/b19-12+. The van der Waals surface area contributed by atoms with E-state index in [4.69, 9.17) is 4.74 Å². The van der Waals surface area contributed by atoms with Gasteiger partial charge in [-0.3, -0.25) is 4.79 Å². The third-order valence-electron chi connectivity index (χ3n) is 4.79. The van der Waals surface area contributed by atoms with Gasteiger partial charge in [0.2, 0.25) is 11.7 Å². The lowest BCUT2D eigenvalue weighted by molar-refractivity contribution is -0.137. The highest BCUT2D eigenvalue weighted by Gasteiger charge is 2.35. The van der Waals surface area contributed by atoms with E-state index in [0.29, 0.717) is 5.39 Å². The van der Waals surface area contributed by atoms with Gasteiger partial charge in [0.25, 0.3) is 0 Å². The maximum atomic E-state index is 14.5. The summed E-state index contributed by atoms with van der Waals surface area (Å²) in [4.78, 5) is 13.0. The number of fused-ring (bicyclic) bond motifs is 1. The fraction of sp³-hybridized carbons (Fsp3) is 0.0870. The van der Waals surface area contributed by atoms with E-state index in [1.807, 2.05) is 0 Å². The molecule has 0 amide bonds. The molecule has 152 valence electrons. The molecule has 1 heterocycles. The van der Waals surface area contributed by atoms with Crippen LogP contribution in [0.25, 0.3) is 22.4 Å². The molecule has 3 nitrogen and oxygen atoms in total. The van der Waals surface area contributed by atoms with E-state index in [2.05, 4.69) is 5.32 Å². The topological polar surface area (TPSA) is 38.3 Å². The Bertz CT molecular complexity index is 1230. The van der Waals surface area contributed by atoms with Crippen LogP contribution < -0.4 is 5.32 Å². The third kappa shape index (κ3) is 3.43. The van der Waals surface area contributed by atoms with Gasteiger partial charge < -0.3 is 10.1 Å². The Morgan fingerprint density at radius 3 is 2.50 bits per heavy atom. The zero-order valence-corrected chi connectivity index (χ0v) is 15.7. The lowest BCUT2D eigenvalue weighted by Crippen LogP contribution is -2.09. The summed E-state index contributed by atoms with van der Waals surface area (Å²) in [6.07, 6.45) is -3.28. The summed E-state index contributed by atoms with van der Waals surface area (Å²) < 4.78 is 59.3. The first-order valence-electron chi connectivity index (χ1n) is 9.01. The number of benzene rings is 3. The van der Waals surface area contributed by atoms with Crippen molar-refractivity contribution in [2.45, 2.75) is 6.18 Å². The quantitative estimate of drug-likeness (QED) is 0.454. The minimum absolute atomic E-state index is 0.00576. The molecule has 1 aliphatic heterocycles. The maximum Gasteiger partial charge on any atom is 0.416 e. The summed E-state index contributed by atoms with van der Waals surface area (Å²) in [5.41, 5.74) is -0.707. The van der Waals surface area contributed by atoms with E-state index in [9.17, 15) is 22.4 Å². The van der Waals surface area contributed by atoms with Crippen LogP contribution in [0.5, 0.6) is 0 Å². The molecule has 0 bridgehead atoms. The first-order chi connectivity index (χ1) is 14.3. The predicted octanol–water partition coefficient (Wildman–Crippen LogP) is 5.53. The van der Waals surface area contributed by atoms with Crippen LogP contribution in [0, 0.1) is 5.82 Å². The van der Waals surface area contributed by atoms with Crippen LogP contribution >= 0.6 is 0 Å². The first kappa shape index (κ1) is 19.7. The van der Waals surface area contributed by atoms with Gasteiger partial charge >= 0.3 is 6.18 Å². The second kappa shape index (κ2) is 7.33. The van der Waals surface area contributed by atoms with Gasteiger partial charge in [0.1, 0.15) is 5.82 Å². The molecular weight excluding hydrogens is 398 g/mol. The number of rotatable bonds is 3. The van der Waals surface area contributed by atoms with Crippen LogP contribution in [0.4, 0.5) is 17.6 Å². The molecule has 0 saturated carbocycles. The molecule has 7 heteroatoms. The number of hydrogen-bond acceptors (Lipinski definition) is 3. The van der Waals surface area contributed by atoms with Gasteiger partial charge in [-0.2, -0.15) is 13.2 Å². The fourth-order valence-electron chi connectivity index (χ4n) is 3.36. The smallest absolute Gasteiger partial charge is 0.416 e. The molecule has 30 heavy (non-hydrogen) atoms. The summed E-state index contributed by atoms with van der Waals surface area (Å²) in [6, 6.07) is 14.4. The van der Waals surface area contributed by atoms with Crippen LogP contribution in [-0.2, 0) is 15.7 Å². The van der Waals surface area contributed by atoms with Crippen LogP contribution in [0.1, 0.15) is 16.7 Å². The van der Waals surface area contributed by atoms with Crippen molar-refractivity contribution in [2.75, 3.05) is 7.05 Å². The Hall–Kier alpha value is -3.61. The molecular formula is C23H15F4NO2. The van der Waals surface area contributed by atoms with Gasteiger partial charge in [0, 0.05) is 12.6 Å². The van der Waals surface area contributed by atoms with Crippen molar-refractivity contribution in [1.82, 2.24) is 5.32 Å². The number of nitrogens with one attached hydrogen (secondary N) is 1. The Labute approximate surface area is 169 Å². The second-order valence-electron chi connectivity index (χ2n) is 6.65. The van der Waals surface area contributed by atoms with Crippen molar-refractivity contribution in [2.24, 2.45) is 0 Å². The number of alkyl halides is 3. The Morgan fingerprint density at radius 1 is 1.00 bits per heavy atom. The Kier molecular flexibility index (Phi) is 4.81. The van der Waals surface area contributed by atoms with Crippen molar-refractivity contribution in [3.63, 3.8) is 0 Å². The molecule has 1 aliphatic rings. The van der Waals surface area contributed by atoms with Crippen molar-refractivity contribution in [1.29, 1.82) is 0 Å². The van der Waals surface area contributed by atoms with E-state index in [0.717, 1.165) is 17.5 Å². The van der Waals surface area contributed by atoms with E-state index < -0.39 is 23.3 Å². The largest absolute Gasteiger partial charge is 0.436 e. The highest BCUT2D eigenvalue weighted by Crippen LogP contribution is 2.36. The summed E-state index contributed by atoms with van der Waals surface area (Å²) in [6.45, 7) is 0. The average molecular weight is 413 g/mol. The number of carbonyl (C=O) groups is 1. The van der Waals surface area contributed by atoms with Gasteiger partial charge in [-0.25, -0.2) is 4.39 Å². The van der Waals surface area contributed by atoms with Gasteiger partial charge in [0.05, 0.1) is 11.1 Å². The number of halogens is 4. The molecule has 3 aromatic rings. The normalized spacial score (nSPS) is 15.8. The van der Waals surface area contributed by atoms with Crippen molar-refractivity contribution in [3.05, 3.63) is 94.8 Å². The van der Waals surface area contributed by atoms with Crippen molar-refractivity contribution in [3.8, 4) is 0 Å². The maximum absolute atomic E-state index is 14.5. The molecule has 3 aromatic carbocycles. The SMILES string of the molecule is CNC1=C(c2cccc(C(F)(F)F)c2)C(=O)/C(=C\c2c(F)ccc3ccccc23)O1. The van der Waals surface area contributed by atoms with Crippen LogP contribution in [0.2, 0.25) is 0 Å². The van der Waals surface area contributed by atoms with Crippen LogP contribution in [0.15, 0.2) is 72.3 Å². The molecule has 0 aromatic heterocycles. The van der Waals surface area contributed by atoms with Crippen LogP contribution in [-0.4, -0.2) is 12.8 Å². The number of allylic oxidation sites excluding steroid dienone is 1.